The summed E-state index contributed by atoms with van der Waals surface area (Å²) in [7, 11) is 0. The lowest BCUT2D eigenvalue weighted by Crippen LogP contribution is -1.88. The van der Waals surface area contributed by atoms with Crippen LogP contribution in [0.25, 0.3) is 0 Å². The Morgan fingerprint density at radius 2 is 1.69 bits per heavy atom. The molecule has 94 valence electrons. The summed E-state index contributed by atoms with van der Waals surface area (Å²) in [5, 5.41) is 8.72. The molecule has 0 bridgehead atoms. The number of allylic oxidation sites excluding steroid dienone is 3. The molecule has 0 saturated carbocycles. The van der Waals surface area contributed by atoms with Crippen molar-refractivity contribution >= 4 is 0 Å². The number of hydrogen-bond acceptors (Lipinski definition) is 1. The van der Waals surface area contributed by atoms with Gasteiger partial charge in [0.2, 0.25) is 0 Å². The Labute approximate surface area is 101 Å². The zero-order chi connectivity index (χ0) is 12.4. The minimum atomic E-state index is 0.170. The maximum absolute atomic E-state index is 8.72. The van der Waals surface area contributed by atoms with E-state index in [2.05, 4.69) is 33.8 Å². The number of hydrogen-bond donors (Lipinski definition) is 1. The fourth-order valence-electron chi connectivity index (χ4n) is 1.70. The predicted molar refractivity (Wildman–Crippen MR) is 72.5 cm³/mol. The zero-order valence-corrected chi connectivity index (χ0v) is 11.4. The Morgan fingerprint density at radius 3 is 2.25 bits per heavy atom. The van der Waals surface area contributed by atoms with Gasteiger partial charge < -0.3 is 5.11 Å². The Bertz CT molecular complexity index is 224. The lowest BCUT2D eigenvalue weighted by molar-refractivity contribution is 0.341. The van der Waals surface area contributed by atoms with Gasteiger partial charge in [-0.05, 0) is 45.4 Å². The van der Waals surface area contributed by atoms with Gasteiger partial charge in [0.1, 0.15) is 0 Å². The lowest BCUT2D eigenvalue weighted by atomic mass is 10.0. The smallest absolute Gasteiger partial charge is 0.0614 e. The highest BCUT2D eigenvalue weighted by Crippen LogP contribution is 2.13. The monoisotopic (exact) mass is 224 g/mol. The molecular formula is C15H28O. The van der Waals surface area contributed by atoms with Crippen LogP contribution in [0.5, 0.6) is 0 Å². The van der Waals surface area contributed by atoms with E-state index in [0.717, 1.165) is 18.8 Å². The molecule has 1 heteroatoms. The van der Waals surface area contributed by atoms with Crippen molar-refractivity contribution in [2.75, 3.05) is 6.61 Å². The molecule has 0 radical (unpaired) electrons. The van der Waals surface area contributed by atoms with E-state index in [9.17, 15) is 0 Å². The Hall–Kier alpha value is -0.560. The zero-order valence-electron chi connectivity index (χ0n) is 11.4. The van der Waals surface area contributed by atoms with Gasteiger partial charge in [-0.15, -0.1) is 0 Å². The Morgan fingerprint density at radius 1 is 1.06 bits per heavy atom. The largest absolute Gasteiger partial charge is 0.392 e. The van der Waals surface area contributed by atoms with Gasteiger partial charge in [0.05, 0.1) is 6.61 Å². The van der Waals surface area contributed by atoms with Crippen LogP contribution in [0, 0.1) is 5.92 Å². The van der Waals surface area contributed by atoms with Crippen LogP contribution in [0.15, 0.2) is 23.3 Å². The maximum Gasteiger partial charge on any atom is 0.0614 e. The molecule has 0 aromatic heterocycles. The second-order valence-electron chi connectivity index (χ2n) is 5.11. The van der Waals surface area contributed by atoms with Crippen LogP contribution < -0.4 is 0 Å². The highest BCUT2D eigenvalue weighted by atomic mass is 16.2. The fraction of sp³-hybridized carbons (Fsp3) is 0.733. The molecule has 16 heavy (non-hydrogen) atoms. The van der Waals surface area contributed by atoms with Crippen molar-refractivity contribution in [2.24, 2.45) is 5.92 Å². The third-order valence-corrected chi connectivity index (χ3v) is 2.82. The van der Waals surface area contributed by atoms with Crippen molar-refractivity contribution < 1.29 is 5.11 Å². The van der Waals surface area contributed by atoms with E-state index in [0.29, 0.717) is 0 Å². The van der Waals surface area contributed by atoms with E-state index in [4.69, 9.17) is 5.11 Å². The molecule has 0 aliphatic carbocycles. The van der Waals surface area contributed by atoms with Gasteiger partial charge in [0.15, 0.2) is 0 Å². The van der Waals surface area contributed by atoms with Crippen LogP contribution in [0.2, 0.25) is 0 Å². The van der Waals surface area contributed by atoms with Crippen LogP contribution >= 0.6 is 0 Å². The molecule has 0 aliphatic heterocycles. The molecule has 0 atom stereocenters. The molecule has 0 heterocycles. The maximum atomic E-state index is 8.72. The molecule has 1 nitrogen and oxygen atoms in total. The standard InChI is InChI=1S/C15H28O/c1-13(2)7-5-8-14(3)9-6-10-15(4)11-12-16/h9,11,13,16H,5-8,10,12H2,1-4H3/b14-9+,15-11-. The van der Waals surface area contributed by atoms with Crippen LogP contribution in [0.1, 0.15) is 59.8 Å². The van der Waals surface area contributed by atoms with Crippen molar-refractivity contribution in [1.82, 2.24) is 0 Å². The molecule has 0 unspecified atom stereocenters. The molecule has 0 rings (SSSR count). The minimum Gasteiger partial charge on any atom is -0.392 e. The van der Waals surface area contributed by atoms with E-state index in [1.54, 1.807) is 0 Å². The third-order valence-electron chi connectivity index (χ3n) is 2.82. The first-order valence-corrected chi connectivity index (χ1v) is 6.48. The average molecular weight is 224 g/mol. The highest BCUT2D eigenvalue weighted by molar-refractivity contribution is 5.03. The predicted octanol–water partition coefficient (Wildman–Crippen LogP) is 4.48. The van der Waals surface area contributed by atoms with Crippen molar-refractivity contribution in [3.63, 3.8) is 0 Å². The third kappa shape index (κ3) is 9.97. The second-order valence-corrected chi connectivity index (χ2v) is 5.11. The molecule has 0 aliphatic rings. The highest BCUT2D eigenvalue weighted by Gasteiger charge is 1.95. The van der Waals surface area contributed by atoms with Gasteiger partial charge in [-0.1, -0.05) is 43.6 Å². The van der Waals surface area contributed by atoms with E-state index in [1.165, 1.54) is 30.4 Å². The van der Waals surface area contributed by atoms with Crippen LogP contribution in [0.4, 0.5) is 0 Å². The summed E-state index contributed by atoms with van der Waals surface area (Å²) >= 11 is 0. The molecule has 0 spiro atoms. The van der Waals surface area contributed by atoms with Gasteiger partial charge >= 0.3 is 0 Å². The molecule has 0 fully saturated rings. The average Bonchev–Trinajstić information content (AvgIpc) is 2.17. The summed E-state index contributed by atoms with van der Waals surface area (Å²) in [6.07, 6.45) is 10.3. The molecule has 0 saturated heterocycles. The van der Waals surface area contributed by atoms with E-state index >= 15 is 0 Å². The summed E-state index contributed by atoms with van der Waals surface area (Å²) in [5.74, 6) is 0.822. The van der Waals surface area contributed by atoms with Gasteiger partial charge in [0, 0.05) is 0 Å². The van der Waals surface area contributed by atoms with Crippen molar-refractivity contribution in [3.8, 4) is 0 Å². The first kappa shape index (κ1) is 15.4. The van der Waals surface area contributed by atoms with Crippen molar-refractivity contribution in [3.05, 3.63) is 23.3 Å². The fourth-order valence-corrected chi connectivity index (χ4v) is 1.70. The van der Waals surface area contributed by atoms with E-state index in [-0.39, 0.29) is 6.61 Å². The first-order valence-electron chi connectivity index (χ1n) is 6.48. The number of rotatable bonds is 8. The summed E-state index contributed by atoms with van der Waals surface area (Å²) in [6.45, 7) is 9.04. The minimum absolute atomic E-state index is 0.170. The molecule has 0 aromatic rings. The molecule has 0 aromatic carbocycles. The number of aliphatic hydroxyl groups is 1. The van der Waals surface area contributed by atoms with Crippen molar-refractivity contribution in [2.45, 2.75) is 59.8 Å². The number of aliphatic hydroxyl groups excluding tert-OH is 1. The summed E-state index contributed by atoms with van der Waals surface area (Å²) < 4.78 is 0. The van der Waals surface area contributed by atoms with Gasteiger partial charge in [-0.3, -0.25) is 0 Å². The Balaban J connectivity index is 3.66. The molecule has 1 N–H and O–H groups in total. The van der Waals surface area contributed by atoms with Crippen LogP contribution in [0.3, 0.4) is 0 Å². The second kappa shape index (κ2) is 9.65. The van der Waals surface area contributed by atoms with Gasteiger partial charge in [-0.2, -0.15) is 0 Å². The quantitative estimate of drug-likeness (QED) is 0.603. The lowest BCUT2D eigenvalue weighted by Gasteiger charge is -2.05. The van der Waals surface area contributed by atoms with Crippen LogP contribution in [-0.4, -0.2) is 11.7 Å². The topological polar surface area (TPSA) is 20.2 Å². The summed E-state index contributed by atoms with van der Waals surface area (Å²) in [5.41, 5.74) is 2.80. The SMILES string of the molecule is C/C(=C/CO)CC/C=C(\C)CCCC(C)C. The Kier molecular flexibility index (Phi) is 9.31. The first-order chi connectivity index (χ1) is 7.56. The van der Waals surface area contributed by atoms with Gasteiger partial charge in [-0.25, -0.2) is 0 Å². The van der Waals surface area contributed by atoms with Crippen molar-refractivity contribution in [1.29, 1.82) is 0 Å². The molecule has 0 amide bonds. The summed E-state index contributed by atoms with van der Waals surface area (Å²) in [4.78, 5) is 0. The molecular weight excluding hydrogens is 196 g/mol. The van der Waals surface area contributed by atoms with E-state index in [1.807, 2.05) is 6.08 Å². The normalized spacial score (nSPS) is 13.6. The van der Waals surface area contributed by atoms with E-state index < -0.39 is 0 Å². The summed E-state index contributed by atoms with van der Waals surface area (Å²) in [6, 6.07) is 0. The van der Waals surface area contributed by atoms with Crippen LogP contribution in [-0.2, 0) is 0 Å². The van der Waals surface area contributed by atoms with Gasteiger partial charge in [0.25, 0.3) is 0 Å².